The molecule has 2 aliphatic rings. The van der Waals surface area contributed by atoms with E-state index in [1.54, 1.807) is 21.1 Å². The first-order valence-electron chi connectivity index (χ1n) is 8.52. The average molecular weight is 335 g/mol. The average Bonchev–Trinajstić information content (AvgIpc) is 3.16. The number of piperidine rings is 1. The van der Waals surface area contributed by atoms with Crippen LogP contribution in [0.1, 0.15) is 36.9 Å². The standard InChI is InChI=1S/C17H25N3O2S/c1-12-3-6-19(7-4-12)16(21)17(22)20-8-5-14(10-20)9-15-18-13(2)11-23-15/h11-12,14H,3-10H2,1-2H3. The van der Waals surface area contributed by atoms with Crippen molar-refractivity contribution in [1.29, 1.82) is 0 Å². The molecule has 1 unspecified atom stereocenters. The molecule has 6 heteroatoms. The summed E-state index contributed by atoms with van der Waals surface area (Å²) in [6.45, 7) is 7.04. The molecule has 2 amide bonds. The lowest BCUT2D eigenvalue weighted by atomic mass is 9.99. The molecule has 0 radical (unpaired) electrons. The summed E-state index contributed by atoms with van der Waals surface area (Å²) in [7, 11) is 0. The molecule has 1 atom stereocenters. The van der Waals surface area contributed by atoms with Crippen LogP contribution in [0, 0.1) is 18.8 Å². The summed E-state index contributed by atoms with van der Waals surface area (Å²) in [5, 5.41) is 3.20. The number of carbonyl (C=O) groups excluding carboxylic acids is 2. The third-order valence-electron chi connectivity index (χ3n) is 4.96. The highest BCUT2D eigenvalue weighted by molar-refractivity contribution is 7.09. The van der Waals surface area contributed by atoms with Crippen LogP contribution in [0.15, 0.2) is 5.38 Å². The second-order valence-electron chi connectivity index (χ2n) is 6.97. The Hall–Kier alpha value is -1.43. The molecule has 23 heavy (non-hydrogen) atoms. The van der Waals surface area contributed by atoms with Crippen LogP contribution in [0.25, 0.3) is 0 Å². The van der Waals surface area contributed by atoms with E-state index in [9.17, 15) is 9.59 Å². The number of rotatable bonds is 2. The minimum absolute atomic E-state index is 0.303. The molecule has 0 N–H and O–H groups in total. The zero-order chi connectivity index (χ0) is 16.4. The van der Waals surface area contributed by atoms with Gasteiger partial charge in [0.15, 0.2) is 0 Å². The molecule has 0 aromatic carbocycles. The van der Waals surface area contributed by atoms with E-state index in [4.69, 9.17) is 0 Å². The van der Waals surface area contributed by atoms with Gasteiger partial charge < -0.3 is 9.80 Å². The fourth-order valence-electron chi connectivity index (χ4n) is 3.41. The first-order valence-corrected chi connectivity index (χ1v) is 9.40. The first-order chi connectivity index (χ1) is 11.0. The van der Waals surface area contributed by atoms with Gasteiger partial charge in [-0.05, 0) is 38.0 Å². The van der Waals surface area contributed by atoms with Gasteiger partial charge in [-0.25, -0.2) is 4.98 Å². The van der Waals surface area contributed by atoms with Gasteiger partial charge in [0, 0.05) is 43.7 Å². The van der Waals surface area contributed by atoms with Crippen LogP contribution in [-0.2, 0) is 16.0 Å². The van der Waals surface area contributed by atoms with Crippen molar-refractivity contribution < 1.29 is 9.59 Å². The maximum atomic E-state index is 12.4. The maximum absolute atomic E-state index is 12.4. The molecule has 0 bridgehead atoms. The van der Waals surface area contributed by atoms with Gasteiger partial charge in [0.25, 0.3) is 0 Å². The number of hydrogen-bond acceptors (Lipinski definition) is 4. The lowest BCUT2D eigenvalue weighted by molar-refractivity contribution is -0.152. The minimum Gasteiger partial charge on any atom is -0.334 e. The fourth-order valence-corrected chi connectivity index (χ4v) is 4.30. The van der Waals surface area contributed by atoms with E-state index >= 15 is 0 Å². The van der Waals surface area contributed by atoms with Gasteiger partial charge in [-0.3, -0.25) is 9.59 Å². The van der Waals surface area contributed by atoms with E-state index in [1.807, 2.05) is 6.92 Å². The zero-order valence-corrected chi connectivity index (χ0v) is 14.8. The van der Waals surface area contributed by atoms with Crippen molar-refractivity contribution in [2.75, 3.05) is 26.2 Å². The van der Waals surface area contributed by atoms with Crippen LogP contribution < -0.4 is 0 Å². The number of aromatic nitrogens is 1. The van der Waals surface area contributed by atoms with E-state index in [0.29, 0.717) is 24.9 Å². The number of aryl methyl sites for hydroxylation is 1. The van der Waals surface area contributed by atoms with Crippen molar-refractivity contribution in [2.24, 2.45) is 11.8 Å². The van der Waals surface area contributed by atoms with Crippen molar-refractivity contribution in [3.8, 4) is 0 Å². The van der Waals surface area contributed by atoms with E-state index in [1.165, 1.54) is 0 Å². The van der Waals surface area contributed by atoms with Gasteiger partial charge in [0.1, 0.15) is 0 Å². The van der Waals surface area contributed by atoms with Crippen LogP contribution in [0.5, 0.6) is 0 Å². The minimum atomic E-state index is -0.308. The third-order valence-corrected chi connectivity index (χ3v) is 5.95. The summed E-state index contributed by atoms with van der Waals surface area (Å²) in [6.07, 6.45) is 3.89. The van der Waals surface area contributed by atoms with Crippen LogP contribution in [-0.4, -0.2) is 52.8 Å². The Labute approximate surface area is 141 Å². The number of nitrogens with zero attached hydrogens (tertiary/aromatic N) is 3. The van der Waals surface area contributed by atoms with Crippen molar-refractivity contribution in [1.82, 2.24) is 14.8 Å². The van der Waals surface area contributed by atoms with Gasteiger partial charge in [-0.2, -0.15) is 0 Å². The van der Waals surface area contributed by atoms with Gasteiger partial charge in [0.2, 0.25) is 0 Å². The van der Waals surface area contributed by atoms with Gasteiger partial charge >= 0.3 is 11.8 Å². The molecule has 5 nitrogen and oxygen atoms in total. The van der Waals surface area contributed by atoms with Gasteiger partial charge in [-0.15, -0.1) is 11.3 Å². The van der Waals surface area contributed by atoms with E-state index in [2.05, 4.69) is 17.3 Å². The number of likely N-dealkylation sites (tertiary alicyclic amines) is 2. The largest absolute Gasteiger partial charge is 0.334 e. The molecule has 2 fully saturated rings. The first kappa shape index (κ1) is 16.4. The van der Waals surface area contributed by atoms with Crippen molar-refractivity contribution in [2.45, 2.75) is 39.5 Å². The molecule has 0 saturated carbocycles. The number of hydrogen-bond donors (Lipinski definition) is 0. The molecule has 3 heterocycles. The lowest BCUT2D eigenvalue weighted by Gasteiger charge is -2.30. The third kappa shape index (κ3) is 3.91. The normalized spacial score (nSPS) is 22.6. The Morgan fingerprint density at radius 3 is 2.48 bits per heavy atom. The predicted molar refractivity (Wildman–Crippen MR) is 90.2 cm³/mol. The number of thiazole rings is 1. The molecule has 126 valence electrons. The Bertz CT molecular complexity index is 578. The zero-order valence-electron chi connectivity index (χ0n) is 14.0. The SMILES string of the molecule is Cc1csc(CC2CCN(C(=O)C(=O)N3CCC(C)CC3)C2)n1. The Morgan fingerprint density at radius 1 is 1.17 bits per heavy atom. The van der Waals surface area contributed by atoms with E-state index in [0.717, 1.165) is 49.5 Å². The Balaban J connectivity index is 1.51. The summed E-state index contributed by atoms with van der Waals surface area (Å²) in [6, 6.07) is 0. The molecular weight excluding hydrogens is 310 g/mol. The molecule has 2 aliphatic heterocycles. The second-order valence-corrected chi connectivity index (χ2v) is 7.91. The van der Waals surface area contributed by atoms with Crippen LogP contribution in [0.2, 0.25) is 0 Å². The molecule has 2 saturated heterocycles. The highest BCUT2D eigenvalue weighted by Crippen LogP contribution is 2.23. The highest BCUT2D eigenvalue weighted by Gasteiger charge is 2.33. The summed E-state index contributed by atoms with van der Waals surface area (Å²) >= 11 is 1.69. The lowest BCUT2D eigenvalue weighted by Crippen LogP contribution is -2.47. The molecule has 3 rings (SSSR count). The van der Waals surface area contributed by atoms with E-state index < -0.39 is 0 Å². The summed E-state index contributed by atoms with van der Waals surface area (Å²) < 4.78 is 0. The summed E-state index contributed by atoms with van der Waals surface area (Å²) in [5.41, 5.74) is 1.06. The van der Waals surface area contributed by atoms with Crippen LogP contribution in [0.4, 0.5) is 0 Å². The van der Waals surface area contributed by atoms with Gasteiger partial charge in [0.05, 0.1) is 5.01 Å². The second kappa shape index (κ2) is 6.99. The number of amides is 2. The molecule has 0 aliphatic carbocycles. The van der Waals surface area contributed by atoms with Crippen molar-refractivity contribution in [3.05, 3.63) is 16.1 Å². The molecule has 1 aromatic rings. The summed E-state index contributed by atoms with van der Waals surface area (Å²) in [4.78, 5) is 32.8. The van der Waals surface area contributed by atoms with Crippen molar-refractivity contribution in [3.63, 3.8) is 0 Å². The van der Waals surface area contributed by atoms with Gasteiger partial charge in [-0.1, -0.05) is 6.92 Å². The van der Waals surface area contributed by atoms with Crippen LogP contribution in [0.3, 0.4) is 0 Å². The molecular formula is C17H25N3O2S. The molecule has 1 aromatic heterocycles. The molecule has 0 spiro atoms. The van der Waals surface area contributed by atoms with E-state index in [-0.39, 0.29) is 11.8 Å². The Morgan fingerprint density at radius 2 is 1.83 bits per heavy atom. The maximum Gasteiger partial charge on any atom is 0.312 e. The monoisotopic (exact) mass is 335 g/mol. The topological polar surface area (TPSA) is 53.5 Å². The predicted octanol–water partition coefficient (Wildman–Crippen LogP) is 2.10. The summed E-state index contributed by atoms with van der Waals surface area (Å²) in [5.74, 6) is 0.478. The highest BCUT2D eigenvalue weighted by atomic mass is 32.1. The van der Waals surface area contributed by atoms with Crippen LogP contribution >= 0.6 is 11.3 Å². The quantitative estimate of drug-likeness (QED) is 0.778. The van der Waals surface area contributed by atoms with Crippen molar-refractivity contribution >= 4 is 23.2 Å². The fraction of sp³-hybridized carbons (Fsp3) is 0.706. The smallest absolute Gasteiger partial charge is 0.312 e. The Kier molecular flexibility index (Phi) is 4.99. The number of carbonyl (C=O) groups is 2.